The van der Waals surface area contributed by atoms with Crippen LogP contribution >= 0.6 is 0 Å². The van der Waals surface area contributed by atoms with Gasteiger partial charge >= 0.3 is 0 Å². The molecule has 0 unspecified atom stereocenters. The molecule has 5 nitrogen and oxygen atoms in total. The first-order valence-electron chi connectivity index (χ1n) is 11.0. The number of piperidine rings is 1. The van der Waals surface area contributed by atoms with Gasteiger partial charge in [0.2, 0.25) is 11.8 Å². The highest BCUT2D eigenvalue weighted by atomic mass is 16.3. The minimum atomic E-state index is -0.209. The molecule has 1 heterocycles. The molecule has 150 valence electrons. The number of likely N-dealkylation sites (tertiary alicyclic amines) is 1. The van der Waals surface area contributed by atoms with Crippen LogP contribution in [-0.2, 0) is 22.4 Å². The highest BCUT2D eigenvalue weighted by molar-refractivity contribution is 5.85. The zero-order valence-corrected chi connectivity index (χ0v) is 16.3. The van der Waals surface area contributed by atoms with E-state index in [1.54, 1.807) is 0 Å². The van der Waals surface area contributed by atoms with Crippen molar-refractivity contribution in [1.82, 2.24) is 10.2 Å². The first kappa shape index (κ1) is 18.2. The fourth-order valence-corrected chi connectivity index (χ4v) is 6.13. The van der Waals surface area contributed by atoms with Crippen molar-refractivity contribution in [2.75, 3.05) is 6.54 Å². The fraction of sp³-hybridized carbons (Fsp3) is 0.652. The van der Waals surface area contributed by atoms with E-state index in [4.69, 9.17) is 0 Å². The van der Waals surface area contributed by atoms with Crippen LogP contribution in [0, 0.1) is 17.8 Å². The van der Waals surface area contributed by atoms with Crippen molar-refractivity contribution >= 4 is 11.8 Å². The van der Waals surface area contributed by atoms with E-state index in [0.717, 1.165) is 57.9 Å². The van der Waals surface area contributed by atoms with Gasteiger partial charge in [0.05, 0.1) is 12.0 Å². The lowest BCUT2D eigenvalue weighted by atomic mass is 9.91. The summed E-state index contributed by atoms with van der Waals surface area (Å²) in [4.78, 5) is 28.3. The number of amides is 2. The maximum Gasteiger partial charge on any atom is 0.226 e. The molecule has 0 aromatic heterocycles. The van der Waals surface area contributed by atoms with Crippen LogP contribution in [0.25, 0.3) is 0 Å². The molecular weight excluding hydrogens is 352 g/mol. The highest BCUT2D eigenvalue weighted by Crippen LogP contribution is 2.44. The van der Waals surface area contributed by atoms with Crippen molar-refractivity contribution in [2.45, 2.75) is 69.6 Å². The molecule has 28 heavy (non-hydrogen) atoms. The molecule has 1 aromatic rings. The Bertz CT molecular complexity index is 746. The van der Waals surface area contributed by atoms with Crippen LogP contribution in [0.2, 0.25) is 0 Å². The van der Waals surface area contributed by atoms with E-state index in [0.29, 0.717) is 5.92 Å². The second kappa shape index (κ2) is 7.18. The highest BCUT2D eigenvalue weighted by Gasteiger charge is 2.53. The van der Waals surface area contributed by atoms with Crippen LogP contribution < -0.4 is 5.32 Å². The van der Waals surface area contributed by atoms with Gasteiger partial charge in [-0.05, 0) is 68.4 Å². The summed E-state index contributed by atoms with van der Waals surface area (Å²) in [5.41, 5.74) is 2.61. The third-order valence-electron chi connectivity index (χ3n) is 7.62. The average Bonchev–Trinajstić information content (AvgIpc) is 3.41. The van der Waals surface area contributed by atoms with Gasteiger partial charge in [0, 0.05) is 24.5 Å². The van der Waals surface area contributed by atoms with Gasteiger partial charge in [0.15, 0.2) is 0 Å². The molecular formula is C23H30N2O3. The molecule has 0 radical (unpaired) electrons. The monoisotopic (exact) mass is 382 g/mol. The molecule has 0 spiro atoms. The first-order chi connectivity index (χ1) is 13.6. The van der Waals surface area contributed by atoms with Crippen molar-refractivity contribution in [1.29, 1.82) is 0 Å². The van der Waals surface area contributed by atoms with Gasteiger partial charge in [0.25, 0.3) is 0 Å². The summed E-state index contributed by atoms with van der Waals surface area (Å²) in [6.07, 6.45) is 6.74. The standard InChI is InChI=1S/C23H30N2O3/c26-19-8-6-18(7-9-19)24-22(27)21-16-5-10-20(21)25(13-16)23(28)17-11-14-3-1-2-4-15(14)12-17/h1-4,16-21,26H,5-13H2,(H,24,27)/t16-,18?,19?,20-,21+/m0/s1. The summed E-state index contributed by atoms with van der Waals surface area (Å²) in [6.45, 7) is 0.748. The lowest BCUT2D eigenvalue weighted by Crippen LogP contribution is -2.46. The maximum absolute atomic E-state index is 13.3. The summed E-state index contributed by atoms with van der Waals surface area (Å²) in [6, 6.07) is 8.63. The number of fused-ring (bicyclic) bond motifs is 3. The Morgan fingerprint density at radius 1 is 0.964 bits per heavy atom. The number of rotatable bonds is 3. The van der Waals surface area contributed by atoms with Crippen LogP contribution in [0.3, 0.4) is 0 Å². The molecule has 1 saturated heterocycles. The molecule has 2 saturated carbocycles. The van der Waals surface area contributed by atoms with Crippen LogP contribution in [-0.4, -0.2) is 46.6 Å². The summed E-state index contributed by atoms with van der Waals surface area (Å²) < 4.78 is 0. The van der Waals surface area contributed by atoms with Crippen molar-refractivity contribution in [3.8, 4) is 0 Å². The second-order valence-corrected chi connectivity index (χ2v) is 9.31. The van der Waals surface area contributed by atoms with E-state index < -0.39 is 0 Å². The zero-order chi connectivity index (χ0) is 19.3. The van der Waals surface area contributed by atoms with Crippen molar-refractivity contribution < 1.29 is 14.7 Å². The number of benzene rings is 1. The van der Waals surface area contributed by atoms with Crippen molar-refractivity contribution in [3.63, 3.8) is 0 Å². The minimum absolute atomic E-state index is 0.0419. The smallest absolute Gasteiger partial charge is 0.226 e. The van der Waals surface area contributed by atoms with E-state index >= 15 is 0 Å². The number of carbonyl (C=O) groups is 2. The predicted molar refractivity (Wildman–Crippen MR) is 105 cm³/mol. The van der Waals surface area contributed by atoms with Crippen LogP contribution in [0.4, 0.5) is 0 Å². The topological polar surface area (TPSA) is 69.6 Å². The first-order valence-corrected chi connectivity index (χ1v) is 11.0. The van der Waals surface area contributed by atoms with E-state index in [1.807, 2.05) is 17.0 Å². The summed E-state index contributed by atoms with van der Waals surface area (Å²) in [7, 11) is 0. The molecule has 5 heteroatoms. The van der Waals surface area contributed by atoms with E-state index in [-0.39, 0.29) is 41.8 Å². The lowest BCUT2D eigenvalue weighted by molar-refractivity contribution is -0.137. The summed E-state index contributed by atoms with van der Waals surface area (Å²) in [5, 5.41) is 12.9. The number of hydrogen-bond donors (Lipinski definition) is 2. The SMILES string of the molecule is O=C(NC1CCC(O)CC1)[C@@H]1[C@H]2CC[C@@H]1N(C(=O)C1Cc3ccccc3C1)C2. The Balaban J connectivity index is 1.23. The maximum atomic E-state index is 13.3. The molecule has 1 aromatic carbocycles. The van der Waals surface area contributed by atoms with Gasteiger partial charge in [0.1, 0.15) is 0 Å². The summed E-state index contributed by atoms with van der Waals surface area (Å²) in [5.74, 6) is 0.702. The van der Waals surface area contributed by atoms with Crippen molar-refractivity contribution in [2.24, 2.45) is 17.8 Å². The molecule has 2 bridgehead atoms. The Morgan fingerprint density at radius 2 is 1.64 bits per heavy atom. The van der Waals surface area contributed by atoms with Gasteiger partial charge < -0.3 is 15.3 Å². The molecule has 1 aliphatic heterocycles. The predicted octanol–water partition coefficient (Wildman–Crippen LogP) is 2.06. The molecule has 2 N–H and O–H groups in total. The lowest BCUT2D eigenvalue weighted by Gasteiger charge is -2.30. The van der Waals surface area contributed by atoms with E-state index in [1.165, 1.54) is 11.1 Å². The van der Waals surface area contributed by atoms with Gasteiger partial charge in [-0.25, -0.2) is 0 Å². The normalized spacial score (nSPS) is 34.5. The van der Waals surface area contributed by atoms with Crippen molar-refractivity contribution in [3.05, 3.63) is 35.4 Å². The largest absolute Gasteiger partial charge is 0.393 e. The zero-order valence-electron chi connectivity index (χ0n) is 16.3. The molecule has 5 rings (SSSR count). The Labute approximate surface area is 166 Å². The molecule has 4 aliphatic rings. The number of nitrogens with zero attached hydrogens (tertiary/aromatic N) is 1. The summed E-state index contributed by atoms with van der Waals surface area (Å²) >= 11 is 0. The van der Waals surface area contributed by atoms with E-state index in [2.05, 4.69) is 17.4 Å². The van der Waals surface area contributed by atoms with Gasteiger partial charge in [-0.2, -0.15) is 0 Å². The number of carbonyl (C=O) groups excluding carboxylic acids is 2. The number of hydrogen-bond acceptors (Lipinski definition) is 3. The Morgan fingerprint density at radius 3 is 2.32 bits per heavy atom. The van der Waals surface area contributed by atoms with Crippen LogP contribution in [0.15, 0.2) is 24.3 Å². The molecule has 2 amide bonds. The van der Waals surface area contributed by atoms with Gasteiger partial charge in [-0.15, -0.1) is 0 Å². The number of aliphatic hydroxyl groups is 1. The molecule has 3 aliphatic carbocycles. The fourth-order valence-electron chi connectivity index (χ4n) is 6.13. The third-order valence-corrected chi connectivity index (χ3v) is 7.62. The quantitative estimate of drug-likeness (QED) is 0.841. The minimum Gasteiger partial charge on any atom is -0.393 e. The number of aliphatic hydroxyl groups excluding tert-OH is 1. The third kappa shape index (κ3) is 3.14. The van der Waals surface area contributed by atoms with Gasteiger partial charge in [-0.1, -0.05) is 24.3 Å². The molecule has 3 fully saturated rings. The van der Waals surface area contributed by atoms with Crippen LogP contribution in [0.5, 0.6) is 0 Å². The van der Waals surface area contributed by atoms with E-state index in [9.17, 15) is 14.7 Å². The second-order valence-electron chi connectivity index (χ2n) is 9.31. The van der Waals surface area contributed by atoms with Crippen LogP contribution in [0.1, 0.15) is 49.7 Å². The average molecular weight is 383 g/mol. The van der Waals surface area contributed by atoms with Gasteiger partial charge in [-0.3, -0.25) is 9.59 Å². The molecule has 3 atom stereocenters. The number of nitrogens with one attached hydrogen (secondary N) is 1. The Kier molecular flexibility index (Phi) is 4.66. The Hall–Kier alpha value is -1.88.